The van der Waals surface area contributed by atoms with Gasteiger partial charge in [-0.25, -0.2) is 13.2 Å². The Labute approximate surface area is 382 Å². The van der Waals surface area contributed by atoms with Gasteiger partial charge in [0.05, 0.1) is 43.3 Å². The summed E-state index contributed by atoms with van der Waals surface area (Å²) >= 11 is 0. The predicted octanol–water partition coefficient (Wildman–Crippen LogP) is 6.20. The highest BCUT2D eigenvalue weighted by Gasteiger charge is 2.46. The van der Waals surface area contributed by atoms with Gasteiger partial charge in [0.1, 0.15) is 16.7 Å². The zero-order valence-electron chi connectivity index (χ0n) is 38.5. The van der Waals surface area contributed by atoms with E-state index in [1.54, 1.807) is 20.3 Å². The molecule has 1 atom stereocenters. The number of carbonyl (C=O) groups excluding carboxylic acids is 4. The molecule has 1 unspecified atom stereocenters. The zero-order valence-corrected chi connectivity index (χ0v) is 39.3. The molecule has 0 N–H and O–H groups in total. The molecule has 2 aromatic carbocycles. The van der Waals surface area contributed by atoms with Gasteiger partial charge in [-0.2, -0.15) is 4.58 Å². The Morgan fingerprint density at radius 1 is 0.831 bits per heavy atom. The van der Waals surface area contributed by atoms with Gasteiger partial charge in [0.2, 0.25) is 5.69 Å². The average Bonchev–Trinajstić information content (AvgIpc) is 3.78. The van der Waals surface area contributed by atoms with Crippen molar-refractivity contribution in [1.82, 2.24) is 5.06 Å². The van der Waals surface area contributed by atoms with Crippen LogP contribution in [0.25, 0.3) is 0 Å². The molecule has 0 bridgehead atoms. The maximum atomic E-state index is 14.0. The SMILES string of the molecule is COCCOCCN1C(=CC=C2C(=O)C(C=CC3=[N+](CCOCCOC)c4ccc(C)cc4C3(C)C)=C2C)C(C)(CCCCCC(=O)ON2C(=O)CCC2=O)c2cc(S(=O)(=O)[O-])ccc21. The number of Topliss-reactive ketones (excluding diaryl/α,β-unsaturated/α-hetero) is 1. The van der Waals surface area contributed by atoms with Crippen molar-refractivity contribution in [1.29, 1.82) is 0 Å². The molecular weight excluding hydrogens is 855 g/mol. The van der Waals surface area contributed by atoms with Gasteiger partial charge in [-0.1, -0.05) is 24.5 Å². The quantitative estimate of drug-likeness (QED) is 0.0405. The Bertz CT molecular complexity index is 2450. The van der Waals surface area contributed by atoms with E-state index in [-0.39, 0.29) is 35.4 Å². The lowest BCUT2D eigenvalue weighted by Gasteiger charge is -2.31. The monoisotopic (exact) mass is 915 g/mol. The first-order valence-corrected chi connectivity index (χ1v) is 23.5. The van der Waals surface area contributed by atoms with E-state index in [1.807, 2.05) is 43.1 Å². The summed E-state index contributed by atoms with van der Waals surface area (Å²) in [7, 11) is -1.57. The molecule has 1 saturated heterocycles. The summed E-state index contributed by atoms with van der Waals surface area (Å²) in [6.07, 6.45) is 9.68. The van der Waals surface area contributed by atoms with Crippen molar-refractivity contribution in [2.45, 2.75) is 95.3 Å². The number of hydrogen-bond acceptors (Lipinski definition) is 13. The van der Waals surface area contributed by atoms with Crippen molar-refractivity contribution in [3.8, 4) is 0 Å². The lowest BCUT2D eigenvalue weighted by Crippen LogP contribution is -2.32. The molecule has 2 amide bonds. The molecule has 0 saturated carbocycles. The second kappa shape index (κ2) is 21.0. The average molecular weight is 916 g/mol. The molecule has 16 heteroatoms. The van der Waals surface area contributed by atoms with E-state index in [4.69, 9.17) is 23.8 Å². The van der Waals surface area contributed by atoms with E-state index in [0.717, 1.165) is 22.7 Å². The van der Waals surface area contributed by atoms with Crippen molar-refractivity contribution >= 4 is 50.8 Å². The van der Waals surface area contributed by atoms with Crippen LogP contribution in [0.15, 0.2) is 88.0 Å². The maximum Gasteiger partial charge on any atom is 0.333 e. The third-order valence-corrected chi connectivity index (χ3v) is 13.5. The highest BCUT2D eigenvalue weighted by atomic mass is 32.2. The van der Waals surface area contributed by atoms with Crippen molar-refractivity contribution in [2.24, 2.45) is 0 Å². The summed E-state index contributed by atoms with van der Waals surface area (Å²) in [5.74, 6) is -1.88. The number of allylic oxidation sites excluding steroid dienone is 8. The molecule has 350 valence electrons. The number of hydrogen-bond donors (Lipinski definition) is 0. The number of rotatable bonds is 23. The van der Waals surface area contributed by atoms with Crippen LogP contribution < -0.4 is 4.90 Å². The van der Waals surface area contributed by atoms with Crippen LogP contribution in [-0.2, 0) is 63.9 Å². The minimum absolute atomic E-state index is 0.00598. The van der Waals surface area contributed by atoms with Gasteiger partial charge < -0.3 is 33.2 Å². The van der Waals surface area contributed by atoms with Gasteiger partial charge in [-0.15, -0.1) is 5.06 Å². The van der Waals surface area contributed by atoms with E-state index >= 15 is 0 Å². The summed E-state index contributed by atoms with van der Waals surface area (Å²) in [5, 5.41) is 0.537. The summed E-state index contributed by atoms with van der Waals surface area (Å²) in [6.45, 7) is 13.9. The zero-order chi connectivity index (χ0) is 47.1. The maximum absolute atomic E-state index is 14.0. The summed E-state index contributed by atoms with van der Waals surface area (Å²) in [4.78, 5) is 57.1. The third-order valence-electron chi connectivity index (χ3n) is 12.7. The first-order chi connectivity index (χ1) is 30.9. The van der Waals surface area contributed by atoms with E-state index in [0.29, 0.717) is 106 Å². The van der Waals surface area contributed by atoms with Gasteiger partial charge in [0.25, 0.3) is 11.8 Å². The topological polar surface area (TPSA) is 181 Å². The fourth-order valence-electron chi connectivity index (χ4n) is 9.05. The Kier molecular flexibility index (Phi) is 16.0. The Hall–Kier alpha value is -5.10. The Morgan fingerprint density at radius 2 is 1.52 bits per heavy atom. The second-order valence-corrected chi connectivity index (χ2v) is 18.8. The highest BCUT2D eigenvalue weighted by Crippen LogP contribution is 2.51. The number of amides is 2. The second-order valence-electron chi connectivity index (χ2n) is 17.4. The molecular formula is C49H61N3O12S. The van der Waals surface area contributed by atoms with Crippen molar-refractivity contribution in [3.63, 3.8) is 0 Å². The fraction of sp³-hybridized carbons (Fsp3) is 0.490. The summed E-state index contributed by atoms with van der Waals surface area (Å²) in [6, 6.07) is 10.8. The highest BCUT2D eigenvalue weighted by molar-refractivity contribution is 7.85. The smallest absolute Gasteiger partial charge is 0.333 e. The van der Waals surface area contributed by atoms with E-state index < -0.39 is 33.3 Å². The van der Waals surface area contributed by atoms with E-state index in [1.165, 1.54) is 23.3 Å². The number of anilines is 1. The Morgan fingerprint density at radius 3 is 2.18 bits per heavy atom. The van der Waals surface area contributed by atoms with Crippen molar-refractivity contribution in [3.05, 3.63) is 99.8 Å². The molecule has 4 aliphatic rings. The lowest BCUT2D eigenvalue weighted by molar-refractivity contribution is -0.442. The Balaban J connectivity index is 1.29. The molecule has 1 fully saturated rings. The molecule has 0 radical (unpaired) electrons. The molecule has 3 heterocycles. The number of ketones is 1. The minimum Gasteiger partial charge on any atom is -0.744 e. The molecule has 0 aromatic heterocycles. The summed E-state index contributed by atoms with van der Waals surface area (Å²) < 4.78 is 61.3. The number of aryl methyl sites for hydroxylation is 1. The molecule has 15 nitrogen and oxygen atoms in total. The van der Waals surface area contributed by atoms with E-state index in [2.05, 4.69) is 43.5 Å². The van der Waals surface area contributed by atoms with Crippen LogP contribution in [0.4, 0.5) is 11.4 Å². The van der Waals surface area contributed by atoms with Crippen molar-refractivity contribution in [2.75, 3.05) is 71.9 Å². The number of fused-ring (bicyclic) bond motifs is 2. The number of benzene rings is 2. The third kappa shape index (κ3) is 10.8. The first kappa shape index (κ1) is 49.3. The van der Waals surface area contributed by atoms with Crippen LogP contribution >= 0.6 is 0 Å². The molecule has 2 aromatic rings. The number of nitrogens with zero attached hydrogens (tertiary/aromatic N) is 3. The van der Waals surface area contributed by atoms with Crippen LogP contribution in [0.2, 0.25) is 0 Å². The van der Waals surface area contributed by atoms with Crippen molar-refractivity contribution < 1.29 is 60.5 Å². The van der Waals surface area contributed by atoms with Gasteiger partial charge in [-0.3, -0.25) is 14.4 Å². The van der Waals surface area contributed by atoms with E-state index in [9.17, 15) is 32.1 Å². The molecule has 3 aliphatic heterocycles. The lowest BCUT2D eigenvalue weighted by atomic mass is 9.76. The van der Waals surface area contributed by atoms with Crippen LogP contribution in [0, 0.1) is 6.92 Å². The summed E-state index contributed by atoms with van der Waals surface area (Å²) in [5.41, 5.74) is 7.46. The number of unbranched alkanes of at least 4 members (excludes halogenated alkanes) is 2. The molecule has 0 spiro atoms. The number of ether oxygens (including phenoxy) is 4. The minimum atomic E-state index is -4.80. The van der Waals surface area contributed by atoms with Gasteiger partial charge in [0.15, 0.2) is 18.0 Å². The van der Waals surface area contributed by atoms with Crippen LogP contribution in [-0.4, -0.2) is 119 Å². The normalized spacial score (nSPS) is 20.6. The van der Waals surface area contributed by atoms with Gasteiger partial charge in [0, 0.05) is 85.7 Å². The van der Waals surface area contributed by atoms with Crippen LogP contribution in [0.1, 0.15) is 89.3 Å². The molecule has 6 rings (SSSR count). The number of methoxy groups -OCH3 is 2. The van der Waals surface area contributed by atoms with Crippen LogP contribution in [0.5, 0.6) is 0 Å². The van der Waals surface area contributed by atoms with Gasteiger partial charge >= 0.3 is 5.97 Å². The number of hydroxylamine groups is 2. The van der Waals surface area contributed by atoms with Gasteiger partial charge in [-0.05, 0) is 101 Å². The first-order valence-electron chi connectivity index (χ1n) is 22.1. The largest absolute Gasteiger partial charge is 0.744 e. The standard InChI is InChI=1S/C49H61N3O12S/c1-33-12-16-40-38(31-33)48(3,4)42(50(40)23-25-62-29-27-60-6)18-14-36-34(2)37(47(36)56)15-19-43-49(5,22-10-8-9-11-46(55)64-52-44(53)20-21-45(52)54)39-32-35(65(57,58)59)13-17-41(39)51(43)24-26-63-30-28-61-7/h12-19,31-32H,8-11,20-30H2,1-7H3. The number of imide groups is 1. The number of carbonyl (C=O) groups is 4. The fourth-order valence-corrected chi connectivity index (χ4v) is 9.54. The predicted molar refractivity (Wildman–Crippen MR) is 242 cm³/mol. The molecule has 65 heavy (non-hydrogen) atoms. The molecule has 1 aliphatic carbocycles. The van der Waals surface area contributed by atoms with Crippen LogP contribution in [0.3, 0.4) is 0 Å².